The molecule has 0 saturated heterocycles. The molecule has 0 saturated carbocycles. The van der Waals surface area contributed by atoms with Crippen LogP contribution in [0.3, 0.4) is 0 Å². The summed E-state index contributed by atoms with van der Waals surface area (Å²) >= 11 is 5.78. The minimum absolute atomic E-state index is 0.00639. The molecular weight excluding hydrogens is 284 g/mol. The van der Waals surface area contributed by atoms with Gasteiger partial charge in [-0.05, 0) is 24.6 Å². The highest BCUT2D eigenvalue weighted by Crippen LogP contribution is 2.30. The van der Waals surface area contributed by atoms with Crippen LogP contribution in [0, 0.1) is 10.1 Å². The predicted octanol–water partition coefficient (Wildman–Crippen LogP) is 3.49. The lowest BCUT2D eigenvalue weighted by molar-refractivity contribution is -0.384. The molecule has 0 aliphatic carbocycles. The molecule has 1 aromatic heterocycles. The number of rotatable bonds is 4. The van der Waals surface area contributed by atoms with Crippen molar-refractivity contribution >= 4 is 17.3 Å². The topological polar surface area (TPSA) is 85.5 Å². The van der Waals surface area contributed by atoms with Crippen molar-refractivity contribution in [3.05, 3.63) is 57.2 Å². The lowest BCUT2D eigenvalue weighted by Crippen LogP contribution is -1.94. The lowest BCUT2D eigenvalue weighted by Gasteiger charge is -2.07. The van der Waals surface area contributed by atoms with Gasteiger partial charge < -0.3 is 9.84 Å². The molecule has 20 heavy (non-hydrogen) atoms. The summed E-state index contributed by atoms with van der Waals surface area (Å²) in [7, 11) is 0. The van der Waals surface area contributed by atoms with Gasteiger partial charge >= 0.3 is 0 Å². The molecule has 0 aliphatic heterocycles. The van der Waals surface area contributed by atoms with E-state index >= 15 is 0 Å². The lowest BCUT2D eigenvalue weighted by atomic mass is 10.2. The van der Waals surface area contributed by atoms with E-state index in [1.807, 2.05) is 0 Å². The normalized spacial score (nSPS) is 11.9. The Bertz CT molecular complexity index is 629. The van der Waals surface area contributed by atoms with Gasteiger partial charge in [-0.2, -0.15) is 0 Å². The Kier molecular flexibility index (Phi) is 4.16. The van der Waals surface area contributed by atoms with Crippen LogP contribution in [0.4, 0.5) is 5.69 Å². The summed E-state index contributed by atoms with van der Waals surface area (Å²) in [5.41, 5.74) is 0.482. The second kappa shape index (κ2) is 5.85. The summed E-state index contributed by atoms with van der Waals surface area (Å²) in [5.74, 6) is 0.650. The molecule has 0 bridgehead atoms. The summed E-state index contributed by atoms with van der Waals surface area (Å²) in [6.45, 7) is 1.63. The van der Waals surface area contributed by atoms with E-state index < -0.39 is 11.0 Å². The van der Waals surface area contributed by atoms with Crippen LogP contribution in [0.25, 0.3) is 0 Å². The zero-order valence-corrected chi connectivity index (χ0v) is 11.2. The molecule has 2 aromatic rings. The van der Waals surface area contributed by atoms with Gasteiger partial charge in [0.05, 0.1) is 11.0 Å². The van der Waals surface area contributed by atoms with Gasteiger partial charge in [0.1, 0.15) is 10.8 Å². The number of nitrogens with zero attached hydrogens (tertiary/aromatic N) is 2. The molecule has 1 N–H and O–H groups in total. The molecule has 0 radical (unpaired) electrons. The maximum absolute atomic E-state index is 10.6. The average Bonchev–Trinajstić information content (AvgIpc) is 2.39. The molecule has 1 aromatic carbocycles. The zero-order chi connectivity index (χ0) is 14.7. The van der Waals surface area contributed by atoms with Gasteiger partial charge in [-0.1, -0.05) is 11.6 Å². The Hall–Kier alpha value is -2.18. The Morgan fingerprint density at radius 3 is 2.65 bits per heavy atom. The molecule has 0 aliphatic rings. The number of hydrogen-bond donors (Lipinski definition) is 1. The van der Waals surface area contributed by atoms with E-state index in [1.165, 1.54) is 24.4 Å². The number of aromatic nitrogens is 1. The summed E-state index contributed by atoms with van der Waals surface area (Å²) in [6.07, 6.45) is 0.887. The van der Waals surface area contributed by atoms with E-state index in [-0.39, 0.29) is 10.7 Å². The van der Waals surface area contributed by atoms with Crippen LogP contribution < -0.4 is 4.74 Å². The van der Waals surface area contributed by atoms with Gasteiger partial charge in [0, 0.05) is 24.4 Å². The third-order valence-electron chi connectivity index (χ3n) is 2.58. The number of ether oxygens (including phenoxy) is 1. The van der Waals surface area contributed by atoms with Gasteiger partial charge in [0.15, 0.2) is 0 Å². The molecule has 7 heteroatoms. The minimum Gasteiger partial charge on any atom is -0.439 e. The highest BCUT2D eigenvalue weighted by Gasteiger charge is 2.13. The van der Waals surface area contributed by atoms with E-state index in [1.54, 1.807) is 19.1 Å². The summed E-state index contributed by atoms with van der Waals surface area (Å²) in [6, 6.07) is 7.33. The fraction of sp³-hybridized carbons (Fsp3) is 0.154. The van der Waals surface area contributed by atoms with Crippen molar-refractivity contribution < 1.29 is 14.8 Å². The second-order valence-corrected chi connectivity index (χ2v) is 4.49. The first-order chi connectivity index (χ1) is 9.47. The van der Waals surface area contributed by atoms with Crippen molar-refractivity contribution in [2.75, 3.05) is 0 Å². The average molecular weight is 295 g/mol. The van der Waals surface area contributed by atoms with Gasteiger partial charge in [-0.25, -0.2) is 4.98 Å². The SMILES string of the molecule is C[C@H](O)c1ccc(Oc2ccc([N+](=O)[O-])c(Cl)c2)nc1. The van der Waals surface area contributed by atoms with Crippen LogP contribution in [-0.2, 0) is 0 Å². The summed E-state index contributed by atoms with van der Waals surface area (Å²) < 4.78 is 5.43. The largest absolute Gasteiger partial charge is 0.439 e. The van der Waals surface area contributed by atoms with Gasteiger partial charge in [-0.15, -0.1) is 0 Å². The smallest absolute Gasteiger partial charge is 0.288 e. The number of halogens is 1. The van der Waals surface area contributed by atoms with Crippen molar-refractivity contribution in [2.45, 2.75) is 13.0 Å². The number of aliphatic hydroxyl groups is 1. The molecule has 0 amide bonds. The van der Waals surface area contributed by atoms with Crippen LogP contribution in [0.15, 0.2) is 36.5 Å². The minimum atomic E-state index is -0.606. The molecule has 1 atom stereocenters. The van der Waals surface area contributed by atoms with Crippen molar-refractivity contribution in [2.24, 2.45) is 0 Å². The Balaban J connectivity index is 2.17. The highest BCUT2D eigenvalue weighted by atomic mass is 35.5. The van der Waals surface area contributed by atoms with Crippen LogP contribution in [0.1, 0.15) is 18.6 Å². The van der Waals surface area contributed by atoms with Crippen LogP contribution in [0.5, 0.6) is 11.6 Å². The van der Waals surface area contributed by atoms with Crippen LogP contribution >= 0.6 is 11.6 Å². The number of pyridine rings is 1. The molecule has 0 fully saturated rings. The molecule has 6 nitrogen and oxygen atoms in total. The molecule has 1 heterocycles. The van der Waals surface area contributed by atoms with E-state index in [4.69, 9.17) is 16.3 Å². The van der Waals surface area contributed by atoms with Crippen molar-refractivity contribution in [1.82, 2.24) is 4.98 Å². The van der Waals surface area contributed by atoms with Crippen molar-refractivity contribution in [3.63, 3.8) is 0 Å². The summed E-state index contributed by atoms with van der Waals surface area (Å²) in [4.78, 5) is 14.1. The van der Waals surface area contributed by atoms with Gasteiger partial charge in [-0.3, -0.25) is 10.1 Å². The van der Waals surface area contributed by atoms with Crippen LogP contribution in [-0.4, -0.2) is 15.0 Å². The van der Waals surface area contributed by atoms with E-state index in [0.717, 1.165) is 0 Å². The summed E-state index contributed by atoms with van der Waals surface area (Å²) in [5, 5.41) is 20.0. The number of benzene rings is 1. The Labute approximate surface area is 119 Å². The van der Waals surface area contributed by atoms with Gasteiger partial charge in [0.2, 0.25) is 5.88 Å². The molecular formula is C13H11ClN2O4. The standard InChI is InChI=1S/C13H11ClN2O4/c1-8(17)9-2-5-13(15-7-9)20-10-3-4-12(16(18)19)11(14)6-10/h2-8,17H,1H3/t8-/m0/s1. The Morgan fingerprint density at radius 1 is 1.40 bits per heavy atom. The third kappa shape index (κ3) is 3.23. The highest BCUT2D eigenvalue weighted by molar-refractivity contribution is 6.32. The fourth-order valence-electron chi connectivity index (χ4n) is 1.52. The monoisotopic (exact) mass is 294 g/mol. The number of aliphatic hydroxyl groups excluding tert-OH is 1. The molecule has 2 rings (SSSR count). The predicted molar refractivity (Wildman–Crippen MR) is 73.1 cm³/mol. The van der Waals surface area contributed by atoms with Gasteiger partial charge in [0.25, 0.3) is 5.69 Å². The number of hydrogen-bond acceptors (Lipinski definition) is 5. The van der Waals surface area contributed by atoms with E-state index in [0.29, 0.717) is 17.2 Å². The van der Waals surface area contributed by atoms with Crippen molar-refractivity contribution in [3.8, 4) is 11.6 Å². The maximum atomic E-state index is 10.6. The zero-order valence-electron chi connectivity index (χ0n) is 10.5. The molecule has 0 unspecified atom stereocenters. The van der Waals surface area contributed by atoms with E-state index in [9.17, 15) is 15.2 Å². The van der Waals surface area contributed by atoms with Crippen molar-refractivity contribution in [1.29, 1.82) is 0 Å². The second-order valence-electron chi connectivity index (χ2n) is 4.08. The maximum Gasteiger partial charge on any atom is 0.288 e. The third-order valence-corrected chi connectivity index (χ3v) is 2.88. The van der Waals surface area contributed by atoms with Crippen LogP contribution in [0.2, 0.25) is 5.02 Å². The number of nitro groups is 1. The Morgan fingerprint density at radius 2 is 2.15 bits per heavy atom. The van der Waals surface area contributed by atoms with E-state index in [2.05, 4.69) is 4.98 Å². The first-order valence-electron chi connectivity index (χ1n) is 5.73. The molecule has 104 valence electrons. The first-order valence-corrected chi connectivity index (χ1v) is 6.11. The molecule has 0 spiro atoms. The first kappa shape index (κ1) is 14.2. The number of nitro benzene ring substituents is 1. The quantitative estimate of drug-likeness (QED) is 0.689. The fourth-order valence-corrected chi connectivity index (χ4v) is 1.76.